The molecule has 3 nitrogen and oxygen atoms in total. The summed E-state index contributed by atoms with van der Waals surface area (Å²) in [6.45, 7) is 5.65. The standard InChI is InChI=1S/C15H30N2O/c1-13-6-9-17(14(13)10-18)12-15(11-16)7-4-2-3-5-8-15/h13-14,18H,2-12,16H2,1H3. The smallest absolute Gasteiger partial charge is 0.0589 e. The molecule has 0 amide bonds. The molecule has 2 atom stereocenters. The molecule has 1 saturated carbocycles. The van der Waals surface area contributed by atoms with Crippen LogP contribution in [0.3, 0.4) is 0 Å². The second kappa shape index (κ2) is 6.36. The quantitative estimate of drug-likeness (QED) is 0.754. The summed E-state index contributed by atoms with van der Waals surface area (Å²) >= 11 is 0. The lowest BCUT2D eigenvalue weighted by atomic mass is 9.79. The minimum atomic E-state index is 0.307. The van der Waals surface area contributed by atoms with Crippen molar-refractivity contribution in [1.82, 2.24) is 4.90 Å². The molecule has 2 fully saturated rings. The Morgan fingerprint density at radius 3 is 2.44 bits per heavy atom. The van der Waals surface area contributed by atoms with Crippen LogP contribution in [-0.4, -0.2) is 42.3 Å². The van der Waals surface area contributed by atoms with E-state index in [0.29, 0.717) is 24.0 Å². The number of rotatable bonds is 4. The highest BCUT2D eigenvalue weighted by Crippen LogP contribution is 2.37. The Morgan fingerprint density at radius 2 is 1.89 bits per heavy atom. The molecule has 2 unspecified atom stereocenters. The fourth-order valence-corrected chi connectivity index (χ4v) is 3.92. The molecule has 0 aromatic heterocycles. The third-order valence-corrected chi connectivity index (χ3v) is 5.32. The van der Waals surface area contributed by atoms with Gasteiger partial charge >= 0.3 is 0 Å². The van der Waals surface area contributed by atoms with E-state index in [0.717, 1.165) is 19.6 Å². The van der Waals surface area contributed by atoms with Gasteiger partial charge in [-0.25, -0.2) is 0 Å². The van der Waals surface area contributed by atoms with Gasteiger partial charge in [-0.3, -0.25) is 4.90 Å². The number of hydrogen-bond acceptors (Lipinski definition) is 3. The molecule has 0 radical (unpaired) electrons. The summed E-state index contributed by atoms with van der Waals surface area (Å²) in [4.78, 5) is 2.52. The van der Waals surface area contributed by atoms with Gasteiger partial charge in [0.05, 0.1) is 6.61 Å². The van der Waals surface area contributed by atoms with E-state index in [-0.39, 0.29) is 0 Å². The van der Waals surface area contributed by atoms with Crippen molar-refractivity contribution in [2.24, 2.45) is 17.1 Å². The lowest BCUT2D eigenvalue weighted by molar-refractivity contribution is 0.0836. The van der Waals surface area contributed by atoms with Gasteiger partial charge in [0.15, 0.2) is 0 Å². The zero-order valence-electron chi connectivity index (χ0n) is 11.9. The number of aliphatic hydroxyl groups excluding tert-OH is 1. The summed E-state index contributed by atoms with van der Waals surface area (Å²) in [6, 6.07) is 0.372. The number of likely N-dealkylation sites (tertiary alicyclic amines) is 1. The van der Waals surface area contributed by atoms with Crippen LogP contribution in [0.2, 0.25) is 0 Å². The maximum atomic E-state index is 9.58. The third kappa shape index (κ3) is 3.06. The van der Waals surface area contributed by atoms with Gasteiger partial charge < -0.3 is 10.8 Å². The molecule has 0 bridgehead atoms. The lowest BCUT2D eigenvalue weighted by Crippen LogP contribution is -2.46. The van der Waals surface area contributed by atoms with Crippen LogP contribution >= 0.6 is 0 Å². The summed E-state index contributed by atoms with van der Waals surface area (Å²) in [5.74, 6) is 0.635. The molecule has 1 heterocycles. The first-order chi connectivity index (χ1) is 8.71. The fourth-order valence-electron chi connectivity index (χ4n) is 3.92. The zero-order chi connectivity index (χ0) is 13.0. The summed E-state index contributed by atoms with van der Waals surface area (Å²) < 4.78 is 0. The van der Waals surface area contributed by atoms with E-state index in [9.17, 15) is 5.11 Å². The van der Waals surface area contributed by atoms with Gasteiger partial charge in [0.2, 0.25) is 0 Å². The van der Waals surface area contributed by atoms with Crippen molar-refractivity contribution < 1.29 is 5.11 Å². The lowest BCUT2D eigenvalue weighted by Gasteiger charge is -2.38. The first kappa shape index (κ1) is 14.3. The first-order valence-electron chi connectivity index (χ1n) is 7.76. The molecule has 2 aliphatic rings. The molecule has 0 aromatic rings. The SMILES string of the molecule is CC1CCN(CC2(CN)CCCCCC2)C1CO. The van der Waals surface area contributed by atoms with Gasteiger partial charge in [0.25, 0.3) is 0 Å². The van der Waals surface area contributed by atoms with Crippen LogP contribution in [0, 0.1) is 11.3 Å². The van der Waals surface area contributed by atoms with Gasteiger partial charge in [0, 0.05) is 12.6 Å². The second-order valence-electron chi connectivity index (χ2n) is 6.60. The van der Waals surface area contributed by atoms with E-state index >= 15 is 0 Å². The molecular weight excluding hydrogens is 224 g/mol. The first-order valence-corrected chi connectivity index (χ1v) is 7.76. The molecule has 1 saturated heterocycles. The number of nitrogens with two attached hydrogens (primary N) is 1. The third-order valence-electron chi connectivity index (χ3n) is 5.32. The normalized spacial score (nSPS) is 33.5. The van der Waals surface area contributed by atoms with E-state index in [1.165, 1.54) is 44.9 Å². The second-order valence-corrected chi connectivity index (χ2v) is 6.60. The van der Waals surface area contributed by atoms with Crippen molar-refractivity contribution in [3.8, 4) is 0 Å². The molecule has 1 aliphatic heterocycles. The molecule has 18 heavy (non-hydrogen) atoms. The van der Waals surface area contributed by atoms with Crippen molar-refractivity contribution >= 4 is 0 Å². The summed E-state index contributed by atoms with van der Waals surface area (Å²) in [7, 11) is 0. The van der Waals surface area contributed by atoms with E-state index in [4.69, 9.17) is 5.73 Å². The van der Waals surface area contributed by atoms with Crippen LogP contribution in [0.4, 0.5) is 0 Å². The Morgan fingerprint density at radius 1 is 1.22 bits per heavy atom. The average molecular weight is 254 g/mol. The van der Waals surface area contributed by atoms with Crippen LogP contribution in [-0.2, 0) is 0 Å². The predicted molar refractivity (Wildman–Crippen MR) is 75.4 cm³/mol. The van der Waals surface area contributed by atoms with Crippen LogP contribution in [0.5, 0.6) is 0 Å². The number of aliphatic hydroxyl groups is 1. The molecule has 3 N–H and O–H groups in total. The summed E-state index contributed by atoms with van der Waals surface area (Å²) in [5, 5.41) is 9.58. The van der Waals surface area contributed by atoms with Crippen LogP contribution < -0.4 is 5.73 Å². The topological polar surface area (TPSA) is 49.5 Å². The van der Waals surface area contributed by atoms with Crippen LogP contribution in [0.25, 0.3) is 0 Å². The van der Waals surface area contributed by atoms with Crippen LogP contribution in [0.1, 0.15) is 51.9 Å². The monoisotopic (exact) mass is 254 g/mol. The van der Waals surface area contributed by atoms with Gasteiger partial charge in [-0.1, -0.05) is 32.6 Å². The molecule has 3 heteroatoms. The Balaban J connectivity index is 2.00. The van der Waals surface area contributed by atoms with E-state index in [1.54, 1.807) is 0 Å². The highest BCUT2D eigenvalue weighted by atomic mass is 16.3. The maximum absolute atomic E-state index is 9.58. The van der Waals surface area contributed by atoms with Crippen molar-refractivity contribution in [3.63, 3.8) is 0 Å². The number of hydrogen-bond donors (Lipinski definition) is 2. The molecule has 0 spiro atoms. The zero-order valence-corrected chi connectivity index (χ0v) is 11.9. The van der Waals surface area contributed by atoms with Gasteiger partial charge in [0.1, 0.15) is 0 Å². The Bertz CT molecular complexity index is 249. The largest absolute Gasteiger partial charge is 0.395 e. The fraction of sp³-hybridized carbons (Fsp3) is 1.00. The highest BCUT2D eigenvalue weighted by Gasteiger charge is 2.37. The number of nitrogens with zero attached hydrogens (tertiary/aromatic N) is 1. The van der Waals surface area contributed by atoms with Crippen molar-refractivity contribution in [2.75, 3.05) is 26.2 Å². The average Bonchev–Trinajstić information content (AvgIpc) is 2.60. The van der Waals surface area contributed by atoms with Gasteiger partial charge in [-0.2, -0.15) is 0 Å². The van der Waals surface area contributed by atoms with E-state index in [2.05, 4.69) is 11.8 Å². The predicted octanol–water partition coefficient (Wildman–Crippen LogP) is 1.99. The van der Waals surface area contributed by atoms with Gasteiger partial charge in [-0.05, 0) is 43.7 Å². The minimum absolute atomic E-state index is 0.307. The van der Waals surface area contributed by atoms with Gasteiger partial charge in [-0.15, -0.1) is 0 Å². The maximum Gasteiger partial charge on any atom is 0.0589 e. The summed E-state index contributed by atoms with van der Waals surface area (Å²) in [5.41, 5.74) is 6.45. The highest BCUT2D eigenvalue weighted by molar-refractivity contribution is 4.91. The van der Waals surface area contributed by atoms with Crippen LogP contribution in [0.15, 0.2) is 0 Å². The van der Waals surface area contributed by atoms with Crippen molar-refractivity contribution in [2.45, 2.75) is 57.9 Å². The van der Waals surface area contributed by atoms with E-state index < -0.39 is 0 Å². The molecule has 1 aliphatic carbocycles. The molecule has 2 rings (SSSR count). The van der Waals surface area contributed by atoms with Crippen molar-refractivity contribution in [1.29, 1.82) is 0 Å². The molecule has 0 aromatic carbocycles. The minimum Gasteiger partial charge on any atom is -0.395 e. The Hall–Kier alpha value is -0.120. The Kier molecular flexibility index (Phi) is 5.05. The molecule has 106 valence electrons. The van der Waals surface area contributed by atoms with E-state index in [1.807, 2.05) is 0 Å². The summed E-state index contributed by atoms with van der Waals surface area (Å²) in [6.07, 6.45) is 9.23. The molecular formula is C15H30N2O. The van der Waals surface area contributed by atoms with Crippen molar-refractivity contribution in [3.05, 3.63) is 0 Å². The Labute approximate surface area is 112 Å².